The van der Waals surface area contributed by atoms with E-state index in [9.17, 15) is 0 Å². The van der Waals surface area contributed by atoms with E-state index in [2.05, 4.69) is 0 Å². The molecule has 59 valence electrons. The number of methoxy groups -OCH3 is 3. The summed E-state index contributed by atoms with van der Waals surface area (Å²) in [6.45, 7) is 0.281. The molecule has 0 radical (unpaired) electrons. The molecule has 0 amide bonds. The summed E-state index contributed by atoms with van der Waals surface area (Å²) in [7, 11) is 4.59. The van der Waals surface area contributed by atoms with Gasteiger partial charge in [-0.1, -0.05) is 0 Å². The van der Waals surface area contributed by atoms with Crippen LogP contribution in [0, 0.1) is 39.4 Å². The molecular formula is C5H11NdO4. The summed E-state index contributed by atoms with van der Waals surface area (Å²) in [5.41, 5.74) is 0. The van der Waals surface area contributed by atoms with Crippen molar-refractivity contribution in [3.8, 4) is 0 Å². The molecule has 0 aromatic rings. The SMILES string of the molecule is COCC(OC)(OC)[O][Nd]. The Kier molecular flexibility index (Phi) is 6.48. The Morgan fingerprint density at radius 3 is 1.80 bits per heavy atom. The average Bonchev–Trinajstić information content (AvgIpc) is 2.01. The topological polar surface area (TPSA) is 36.9 Å². The van der Waals surface area contributed by atoms with E-state index in [1.807, 2.05) is 0 Å². The second-order valence-corrected chi connectivity index (χ2v) is 2.28. The summed E-state index contributed by atoms with van der Waals surface area (Å²) in [6.07, 6.45) is 0. The van der Waals surface area contributed by atoms with Crippen molar-refractivity contribution in [3.63, 3.8) is 0 Å². The van der Waals surface area contributed by atoms with E-state index in [4.69, 9.17) is 15.3 Å². The van der Waals surface area contributed by atoms with Crippen LogP contribution in [-0.2, 0) is 15.3 Å². The molecule has 0 bridgehead atoms. The van der Waals surface area contributed by atoms with Gasteiger partial charge >= 0.3 is 88.5 Å². The van der Waals surface area contributed by atoms with E-state index < -0.39 is 5.97 Å². The molecule has 0 aliphatic carbocycles. The first kappa shape index (κ1) is 11.2. The van der Waals surface area contributed by atoms with Crippen LogP contribution in [0.15, 0.2) is 0 Å². The first-order valence-electron chi connectivity index (χ1n) is 2.68. The van der Waals surface area contributed by atoms with Crippen LogP contribution < -0.4 is 0 Å². The van der Waals surface area contributed by atoms with Gasteiger partial charge in [0.2, 0.25) is 0 Å². The van der Waals surface area contributed by atoms with Crippen LogP contribution in [0.3, 0.4) is 0 Å². The maximum absolute atomic E-state index is 5.05. The molecule has 0 aliphatic rings. The molecule has 0 N–H and O–H groups in total. The van der Waals surface area contributed by atoms with E-state index in [0.29, 0.717) is 39.4 Å². The number of rotatable bonds is 5. The predicted molar refractivity (Wildman–Crippen MR) is 29.7 cm³/mol. The zero-order chi connectivity index (χ0) is 8.04. The summed E-state index contributed by atoms with van der Waals surface area (Å²) in [6, 6.07) is 0. The molecule has 0 atom stereocenters. The fraction of sp³-hybridized carbons (Fsp3) is 1.00. The van der Waals surface area contributed by atoms with Crippen molar-refractivity contribution in [1.82, 2.24) is 0 Å². The van der Waals surface area contributed by atoms with Crippen molar-refractivity contribution < 1.29 is 54.6 Å². The molecule has 0 fully saturated rings. The van der Waals surface area contributed by atoms with Crippen LogP contribution in [0.4, 0.5) is 0 Å². The standard InChI is InChI=1S/C5H11O4.Nd/c1-7-4-5(6,8-2)9-3;/h4H2,1-3H3;/q-1;+1. The van der Waals surface area contributed by atoms with E-state index in [-0.39, 0.29) is 6.61 Å². The van der Waals surface area contributed by atoms with Crippen LogP contribution in [0.2, 0.25) is 0 Å². The first-order valence-corrected chi connectivity index (χ1v) is 3.99. The second kappa shape index (κ2) is 5.79. The zero-order valence-electron chi connectivity index (χ0n) is 6.34. The van der Waals surface area contributed by atoms with Gasteiger partial charge in [0.15, 0.2) is 0 Å². The van der Waals surface area contributed by atoms with Crippen molar-refractivity contribution in [1.29, 1.82) is 0 Å². The number of hydrogen-bond acceptors (Lipinski definition) is 4. The molecule has 0 rings (SSSR count). The molecule has 0 aromatic carbocycles. The van der Waals surface area contributed by atoms with E-state index in [0.717, 1.165) is 0 Å². The van der Waals surface area contributed by atoms with Crippen molar-refractivity contribution in [2.24, 2.45) is 0 Å². The van der Waals surface area contributed by atoms with Crippen molar-refractivity contribution in [3.05, 3.63) is 0 Å². The molecular weight excluding hydrogens is 268 g/mol. The molecule has 10 heavy (non-hydrogen) atoms. The third kappa shape index (κ3) is 3.06. The molecule has 4 nitrogen and oxygen atoms in total. The van der Waals surface area contributed by atoms with Crippen LogP contribution >= 0.6 is 0 Å². The van der Waals surface area contributed by atoms with Gasteiger partial charge in [0.25, 0.3) is 0 Å². The summed E-state index contributed by atoms with van der Waals surface area (Å²) in [4.78, 5) is 0. The quantitative estimate of drug-likeness (QED) is 0.667. The van der Waals surface area contributed by atoms with Crippen LogP contribution in [0.1, 0.15) is 0 Å². The van der Waals surface area contributed by atoms with Gasteiger partial charge in [0.05, 0.1) is 0 Å². The summed E-state index contributed by atoms with van der Waals surface area (Å²) < 4.78 is 19.8. The third-order valence-electron chi connectivity index (χ3n) is 1.10. The minimum atomic E-state index is -0.985. The molecule has 0 saturated heterocycles. The van der Waals surface area contributed by atoms with Crippen molar-refractivity contribution in [2.75, 3.05) is 27.9 Å². The number of hydrogen-bond donors (Lipinski definition) is 0. The van der Waals surface area contributed by atoms with Gasteiger partial charge in [-0.05, 0) is 0 Å². The monoisotopic (exact) mass is 277 g/mol. The molecule has 0 spiro atoms. The molecule has 0 aromatic heterocycles. The Morgan fingerprint density at radius 2 is 1.70 bits per heavy atom. The molecule has 0 aliphatic heterocycles. The van der Waals surface area contributed by atoms with Gasteiger partial charge in [0.1, 0.15) is 0 Å². The average molecular weight is 279 g/mol. The Hall–Kier alpha value is 1.19. The van der Waals surface area contributed by atoms with E-state index >= 15 is 0 Å². The van der Waals surface area contributed by atoms with Crippen LogP contribution in [-0.4, -0.2) is 33.9 Å². The number of ether oxygens (including phenoxy) is 3. The van der Waals surface area contributed by atoms with Gasteiger partial charge < -0.3 is 0 Å². The van der Waals surface area contributed by atoms with Gasteiger partial charge in [-0.2, -0.15) is 0 Å². The Labute approximate surface area is 87.8 Å². The Morgan fingerprint density at radius 1 is 1.20 bits per heavy atom. The molecule has 5 heteroatoms. The third-order valence-corrected chi connectivity index (χ3v) is 2.10. The Bertz CT molecular complexity index is 75.5. The molecule has 0 heterocycles. The van der Waals surface area contributed by atoms with Gasteiger partial charge in [-0.15, -0.1) is 0 Å². The Balaban J connectivity index is 3.87. The summed E-state index contributed by atoms with van der Waals surface area (Å²) in [5, 5.41) is 0. The van der Waals surface area contributed by atoms with E-state index in [1.54, 1.807) is 7.11 Å². The van der Waals surface area contributed by atoms with Gasteiger partial charge in [-0.3, -0.25) is 0 Å². The van der Waals surface area contributed by atoms with Gasteiger partial charge in [0, 0.05) is 0 Å². The molecule has 0 saturated carbocycles. The first-order chi connectivity index (χ1) is 4.74. The van der Waals surface area contributed by atoms with E-state index in [1.165, 1.54) is 14.2 Å². The summed E-state index contributed by atoms with van der Waals surface area (Å²) in [5.74, 6) is -0.985. The normalized spacial score (nSPS) is 11.8. The van der Waals surface area contributed by atoms with Crippen LogP contribution in [0.25, 0.3) is 0 Å². The molecule has 0 unspecified atom stereocenters. The van der Waals surface area contributed by atoms with Crippen molar-refractivity contribution >= 4 is 0 Å². The fourth-order valence-electron chi connectivity index (χ4n) is 0.491. The minimum absolute atomic E-state index is 0.281. The maximum atomic E-state index is 5.05. The predicted octanol–water partition coefficient (Wildman–Crippen LogP) is 0.0603. The van der Waals surface area contributed by atoms with Gasteiger partial charge in [-0.25, -0.2) is 0 Å². The zero-order valence-corrected chi connectivity index (χ0v) is 9.55. The second-order valence-electron chi connectivity index (χ2n) is 1.63. The fourth-order valence-corrected chi connectivity index (χ4v) is 1.21. The summed E-state index contributed by atoms with van der Waals surface area (Å²) >= 11 is 0.550. The van der Waals surface area contributed by atoms with Crippen LogP contribution in [0.5, 0.6) is 0 Å². The van der Waals surface area contributed by atoms with Crippen molar-refractivity contribution in [2.45, 2.75) is 5.97 Å².